The van der Waals surface area contributed by atoms with Gasteiger partial charge in [-0.3, -0.25) is 4.98 Å². The summed E-state index contributed by atoms with van der Waals surface area (Å²) in [4.78, 5) is 4.43. The zero-order valence-corrected chi connectivity index (χ0v) is 12.9. The molecular formula is C18H17ClN2. The highest BCUT2D eigenvalue weighted by atomic mass is 35.5. The molecule has 0 unspecified atom stereocenters. The Kier molecular flexibility index (Phi) is 3.56. The van der Waals surface area contributed by atoms with Crippen LogP contribution in [0.25, 0.3) is 22.0 Å². The molecule has 0 radical (unpaired) electrons. The molecule has 0 saturated carbocycles. The van der Waals surface area contributed by atoms with Gasteiger partial charge in [0, 0.05) is 21.5 Å². The summed E-state index contributed by atoms with van der Waals surface area (Å²) in [5.41, 5.74) is 11.0. The van der Waals surface area contributed by atoms with E-state index in [9.17, 15) is 0 Å². The van der Waals surface area contributed by atoms with Crippen LogP contribution >= 0.6 is 11.6 Å². The molecule has 2 nitrogen and oxygen atoms in total. The van der Waals surface area contributed by atoms with Gasteiger partial charge in [0.15, 0.2) is 0 Å². The van der Waals surface area contributed by atoms with Crippen LogP contribution in [0.3, 0.4) is 0 Å². The predicted molar refractivity (Wildman–Crippen MR) is 90.7 cm³/mol. The van der Waals surface area contributed by atoms with Gasteiger partial charge < -0.3 is 5.73 Å². The van der Waals surface area contributed by atoms with Crippen LogP contribution in [0, 0.1) is 0 Å². The molecule has 1 aromatic heterocycles. The van der Waals surface area contributed by atoms with Gasteiger partial charge in [0.1, 0.15) is 0 Å². The van der Waals surface area contributed by atoms with Crippen LogP contribution in [0.1, 0.15) is 25.3 Å². The van der Waals surface area contributed by atoms with E-state index < -0.39 is 0 Å². The van der Waals surface area contributed by atoms with Crippen molar-refractivity contribution in [1.29, 1.82) is 0 Å². The molecule has 3 heteroatoms. The van der Waals surface area contributed by atoms with Crippen molar-refractivity contribution in [2.45, 2.75) is 19.8 Å². The van der Waals surface area contributed by atoms with Crippen molar-refractivity contribution in [1.82, 2.24) is 4.98 Å². The van der Waals surface area contributed by atoms with Gasteiger partial charge in [-0.25, -0.2) is 0 Å². The summed E-state index contributed by atoms with van der Waals surface area (Å²) in [5, 5.41) is 1.75. The first-order chi connectivity index (χ1) is 10.1. The van der Waals surface area contributed by atoms with E-state index in [-0.39, 0.29) is 0 Å². The Morgan fingerprint density at radius 2 is 1.86 bits per heavy atom. The summed E-state index contributed by atoms with van der Waals surface area (Å²) in [5.74, 6) is 0.454. The number of rotatable bonds is 2. The first kappa shape index (κ1) is 13.9. The topological polar surface area (TPSA) is 38.9 Å². The molecule has 0 aliphatic carbocycles. The lowest BCUT2D eigenvalue weighted by molar-refractivity contribution is 0.868. The Hall–Kier alpha value is -2.06. The Morgan fingerprint density at radius 3 is 2.57 bits per heavy atom. The quantitative estimate of drug-likeness (QED) is 0.700. The van der Waals surface area contributed by atoms with Crippen LogP contribution in [0.4, 0.5) is 5.69 Å². The molecule has 0 fully saturated rings. The normalized spacial score (nSPS) is 11.2. The maximum Gasteiger partial charge on any atom is 0.0710 e. The van der Waals surface area contributed by atoms with E-state index in [1.54, 1.807) is 6.20 Å². The molecule has 2 aromatic carbocycles. The minimum atomic E-state index is 0.454. The molecule has 106 valence electrons. The predicted octanol–water partition coefficient (Wildman–Crippen LogP) is 5.26. The van der Waals surface area contributed by atoms with E-state index in [4.69, 9.17) is 17.3 Å². The number of hydrogen-bond donors (Lipinski definition) is 1. The number of nitrogens with two attached hydrogens (primary N) is 1. The molecule has 2 N–H and O–H groups in total. The van der Waals surface area contributed by atoms with Crippen molar-refractivity contribution in [2.24, 2.45) is 0 Å². The number of nitrogen functional groups attached to an aromatic ring is 1. The Bertz CT molecular complexity index is 809. The van der Waals surface area contributed by atoms with Crippen molar-refractivity contribution in [2.75, 3.05) is 5.73 Å². The fourth-order valence-electron chi connectivity index (χ4n) is 2.55. The van der Waals surface area contributed by atoms with E-state index in [1.165, 1.54) is 5.56 Å². The summed E-state index contributed by atoms with van der Waals surface area (Å²) < 4.78 is 0. The zero-order valence-electron chi connectivity index (χ0n) is 12.1. The molecule has 3 rings (SSSR count). The van der Waals surface area contributed by atoms with E-state index in [1.807, 2.05) is 30.3 Å². The smallest absolute Gasteiger partial charge is 0.0710 e. The Balaban J connectivity index is 2.37. The van der Waals surface area contributed by atoms with Crippen LogP contribution in [-0.2, 0) is 0 Å². The van der Waals surface area contributed by atoms with Gasteiger partial charge in [0.25, 0.3) is 0 Å². The van der Waals surface area contributed by atoms with Crippen molar-refractivity contribution < 1.29 is 0 Å². The number of benzene rings is 2. The third-order valence-corrected chi connectivity index (χ3v) is 4.06. The van der Waals surface area contributed by atoms with Gasteiger partial charge in [-0.05, 0) is 29.7 Å². The fourth-order valence-corrected chi connectivity index (χ4v) is 2.78. The van der Waals surface area contributed by atoms with Gasteiger partial charge in [-0.15, -0.1) is 0 Å². The van der Waals surface area contributed by atoms with Gasteiger partial charge >= 0.3 is 0 Å². The van der Waals surface area contributed by atoms with Crippen molar-refractivity contribution in [3.8, 4) is 11.1 Å². The van der Waals surface area contributed by atoms with Gasteiger partial charge in [-0.1, -0.05) is 49.7 Å². The van der Waals surface area contributed by atoms with Crippen LogP contribution in [0.15, 0.2) is 48.7 Å². The van der Waals surface area contributed by atoms with E-state index in [0.717, 1.165) is 22.0 Å². The van der Waals surface area contributed by atoms with Crippen molar-refractivity contribution in [3.63, 3.8) is 0 Å². The summed E-state index contributed by atoms with van der Waals surface area (Å²) >= 11 is 6.36. The number of anilines is 1. The standard InChI is InChI=1S/C18H17ClN2/c1-11(2)12-7-8-17-14(9-12)18(16(20)10-21-17)13-5-3-4-6-15(13)19/h3-11H,20H2,1-2H3. The summed E-state index contributed by atoms with van der Waals surface area (Å²) in [6.07, 6.45) is 1.70. The SMILES string of the molecule is CC(C)c1ccc2ncc(N)c(-c3ccccc3Cl)c2c1. The van der Waals surface area contributed by atoms with Crippen LogP contribution in [-0.4, -0.2) is 4.98 Å². The summed E-state index contributed by atoms with van der Waals surface area (Å²) in [6.45, 7) is 4.35. The molecule has 3 aromatic rings. The van der Waals surface area contributed by atoms with Crippen LogP contribution in [0.5, 0.6) is 0 Å². The van der Waals surface area contributed by atoms with E-state index in [0.29, 0.717) is 16.6 Å². The van der Waals surface area contributed by atoms with E-state index >= 15 is 0 Å². The molecule has 0 saturated heterocycles. The van der Waals surface area contributed by atoms with E-state index in [2.05, 4.69) is 31.0 Å². The Labute approximate surface area is 129 Å². The first-order valence-electron chi connectivity index (χ1n) is 7.01. The highest BCUT2D eigenvalue weighted by Crippen LogP contribution is 2.37. The average Bonchev–Trinajstić information content (AvgIpc) is 2.48. The van der Waals surface area contributed by atoms with Crippen molar-refractivity contribution in [3.05, 3.63) is 59.2 Å². The zero-order chi connectivity index (χ0) is 15.0. The second-order valence-electron chi connectivity index (χ2n) is 5.50. The summed E-state index contributed by atoms with van der Waals surface area (Å²) in [7, 11) is 0. The maximum atomic E-state index is 6.36. The monoisotopic (exact) mass is 296 g/mol. The third-order valence-electron chi connectivity index (χ3n) is 3.73. The maximum absolute atomic E-state index is 6.36. The van der Waals surface area contributed by atoms with Crippen molar-refractivity contribution >= 4 is 28.2 Å². The molecule has 1 heterocycles. The highest BCUT2D eigenvalue weighted by molar-refractivity contribution is 6.34. The highest BCUT2D eigenvalue weighted by Gasteiger charge is 2.13. The fraction of sp³-hybridized carbons (Fsp3) is 0.167. The molecule has 0 atom stereocenters. The molecular weight excluding hydrogens is 280 g/mol. The Morgan fingerprint density at radius 1 is 1.10 bits per heavy atom. The molecule has 0 spiro atoms. The average molecular weight is 297 g/mol. The minimum Gasteiger partial charge on any atom is -0.397 e. The molecule has 0 bridgehead atoms. The van der Waals surface area contributed by atoms with Crippen LogP contribution in [0.2, 0.25) is 5.02 Å². The minimum absolute atomic E-state index is 0.454. The number of nitrogens with zero attached hydrogens (tertiary/aromatic N) is 1. The molecule has 0 amide bonds. The number of pyridine rings is 1. The van der Waals surface area contributed by atoms with Gasteiger partial charge in [-0.2, -0.15) is 0 Å². The number of aromatic nitrogens is 1. The van der Waals surface area contributed by atoms with Gasteiger partial charge in [0.2, 0.25) is 0 Å². The largest absolute Gasteiger partial charge is 0.397 e. The lowest BCUT2D eigenvalue weighted by atomic mass is 9.95. The molecule has 21 heavy (non-hydrogen) atoms. The second kappa shape index (κ2) is 5.38. The van der Waals surface area contributed by atoms with Crippen LogP contribution < -0.4 is 5.73 Å². The lowest BCUT2D eigenvalue weighted by Crippen LogP contribution is -1.96. The first-order valence-corrected chi connectivity index (χ1v) is 7.38. The molecule has 0 aliphatic rings. The molecule has 0 aliphatic heterocycles. The number of hydrogen-bond acceptors (Lipinski definition) is 2. The lowest BCUT2D eigenvalue weighted by Gasteiger charge is -2.13. The summed E-state index contributed by atoms with van der Waals surface area (Å²) in [6, 6.07) is 14.1. The second-order valence-corrected chi connectivity index (χ2v) is 5.91. The van der Waals surface area contributed by atoms with Gasteiger partial charge in [0.05, 0.1) is 17.4 Å². The third kappa shape index (κ3) is 2.47. The number of fused-ring (bicyclic) bond motifs is 1. The number of halogens is 1.